The molecule has 1 N–H and O–H groups in total. The Labute approximate surface area is 171 Å². The first kappa shape index (κ1) is 19.1. The number of aryl methyl sites for hydroxylation is 2. The lowest BCUT2D eigenvalue weighted by atomic mass is 9.97. The van der Waals surface area contributed by atoms with Crippen molar-refractivity contribution >= 4 is 17.4 Å². The molecule has 2 heterocycles. The molecular weight excluding hydrogens is 360 g/mol. The number of benzene rings is 2. The number of carbonyl (C=O) groups is 1. The van der Waals surface area contributed by atoms with Crippen molar-refractivity contribution in [3.05, 3.63) is 71.8 Å². The van der Waals surface area contributed by atoms with Crippen molar-refractivity contribution in [2.75, 3.05) is 23.3 Å². The summed E-state index contributed by atoms with van der Waals surface area (Å²) in [5, 5.41) is 11.9. The zero-order chi connectivity index (χ0) is 20.2. The Hall–Kier alpha value is -3.21. The van der Waals surface area contributed by atoms with E-state index < -0.39 is 0 Å². The van der Waals surface area contributed by atoms with Crippen LogP contribution in [-0.4, -0.2) is 29.2 Å². The molecular formula is C24H26N4O. The quantitative estimate of drug-likeness (QED) is 0.711. The maximum absolute atomic E-state index is 12.7. The normalized spacial score (nSPS) is 16.5. The second-order valence-corrected chi connectivity index (χ2v) is 7.78. The van der Waals surface area contributed by atoms with Crippen LogP contribution in [0.5, 0.6) is 0 Å². The van der Waals surface area contributed by atoms with Crippen LogP contribution in [0, 0.1) is 19.8 Å². The van der Waals surface area contributed by atoms with Gasteiger partial charge in [-0.05, 0) is 51.0 Å². The zero-order valence-corrected chi connectivity index (χ0v) is 16.9. The zero-order valence-electron chi connectivity index (χ0n) is 16.9. The molecule has 1 aliphatic rings. The Morgan fingerprint density at radius 1 is 0.931 bits per heavy atom. The van der Waals surface area contributed by atoms with Gasteiger partial charge in [-0.2, -0.15) is 0 Å². The molecule has 0 saturated carbocycles. The van der Waals surface area contributed by atoms with Crippen molar-refractivity contribution in [2.24, 2.45) is 5.92 Å². The first-order chi connectivity index (χ1) is 14.1. The third-order valence-electron chi connectivity index (χ3n) is 5.43. The van der Waals surface area contributed by atoms with Gasteiger partial charge in [-0.25, -0.2) is 0 Å². The van der Waals surface area contributed by atoms with Crippen LogP contribution >= 0.6 is 0 Å². The molecule has 0 unspecified atom stereocenters. The van der Waals surface area contributed by atoms with Gasteiger partial charge in [0.25, 0.3) is 0 Å². The molecule has 0 spiro atoms. The number of aromatic nitrogens is 2. The van der Waals surface area contributed by atoms with Gasteiger partial charge in [0.15, 0.2) is 5.82 Å². The lowest BCUT2D eigenvalue weighted by Crippen LogP contribution is -2.41. The molecule has 1 atom stereocenters. The molecule has 3 aromatic rings. The third-order valence-corrected chi connectivity index (χ3v) is 5.43. The Kier molecular flexibility index (Phi) is 5.56. The maximum atomic E-state index is 12.7. The number of amides is 1. The molecule has 1 fully saturated rings. The Balaban J connectivity index is 1.41. The van der Waals surface area contributed by atoms with E-state index in [1.807, 2.05) is 43.3 Å². The highest BCUT2D eigenvalue weighted by atomic mass is 16.1. The van der Waals surface area contributed by atoms with Gasteiger partial charge in [0.2, 0.25) is 5.91 Å². The number of piperidine rings is 1. The van der Waals surface area contributed by atoms with E-state index in [4.69, 9.17) is 0 Å². The average molecular weight is 386 g/mol. The molecule has 148 valence electrons. The lowest BCUT2D eigenvalue weighted by Gasteiger charge is -2.32. The number of anilines is 2. The minimum atomic E-state index is -0.0522. The van der Waals surface area contributed by atoms with Crippen LogP contribution in [0.25, 0.3) is 11.3 Å². The monoisotopic (exact) mass is 386 g/mol. The summed E-state index contributed by atoms with van der Waals surface area (Å²) in [5.74, 6) is 0.847. The number of hydrogen-bond donors (Lipinski definition) is 1. The van der Waals surface area contributed by atoms with E-state index in [2.05, 4.69) is 51.6 Å². The van der Waals surface area contributed by atoms with Crippen LogP contribution in [0.15, 0.2) is 60.7 Å². The summed E-state index contributed by atoms with van der Waals surface area (Å²) in [6, 6.07) is 20.2. The van der Waals surface area contributed by atoms with Crippen molar-refractivity contribution in [2.45, 2.75) is 26.7 Å². The standard InChI is InChI=1S/C24H26N4O/c1-17-5-9-19(10-6-17)22-13-14-23(27-26-22)28-15-3-4-20(16-28)24(29)25-21-11-7-18(2)8-12-21/h5-14,20H,3-4,15-16H2,1-2H3,(H,25,29)/t20-/m1/s1. The van der Waals surface area contributed by atoms with Crippen LogP contribution in [0.1, 0.15) is 24.0 Å². The number of hydrogen-bond acceptors (Lipinski definition) is 4. The molecule has 29 heavy (non-hydrogen) atoms. The van der Waals surface area contributed by atoms with Crippen LogP contribution in [0.4, 0.5) is 11.5 Å². The van der Waals surface area contributed by atoms with Gasteiger partial charge in [0, 0.05) is 24.3 Å². The first-order valence-corrected chi connectivity index (χ1v) is 10.1. The van der Waals surface area contributed by atoms with Gasteiger partial charge in [-0.3, -0.25) is 4.79 Å². The van der Waals surface area contributed by atoms with Crippen LogP contribution in [0.3, 0.4) is 0 Å². The molecule has 5 heteroatoms. The van der Waals surface area contributed by atoms with Gasteiger partial charge in [-0.1, -0.05) is 47.5 Å². The van der Waals surface area contributed by atoms with E-state index in [1.54, 1.807) is 0 Å². The van der Waals surface area contributed by atoms with E-state index in [0.717, 1.165) is 42.1 Å². The number of rotatable bonds is 4. The third kappa shape index (κ3) is 4.62. The highest BCUT2D eigenvalue weighted by molar-refractivity contribution is 5.93. The molecule has 2 aromatic carbocycles. The average Bonchev–Trinajstić information content (AvgIpc) is 2.76. The molecule has 1 amide bonds. The molecule has 1 saturated heterocycles. The largest absolute Gasteiger partial charge is 0.354 e. The molecule has 5 nitrogen and oxygen atoms in total. The lowest BCUT2D eigenvalue weighted by molar-refractivity contribution is -0.120. The van der Waals surface area contributed by atoms with E-state index in [-0.39, 0.29) is 11.8 Å². The van der Waals surface area contributed by atoms with E-state index in [0.29, 0.717) is 6.54 Å². The van der Waals surface area contributed by atoms with Crippen molar-refractivity contribution in [1.29, 1.82) is 0 Å². The summed E-state index contributed by atoms with van der Waals surface area (Å²) in [6.07, 6.45) is 1.86. The molecule has 4 rings (SSSR count). The maximum Gasteiger partial charge on any atom is 0.229 e. The summed E-state index contributed by atoms with van der Waals surface area (Å²) in [5.41, 5.74) is 5.17. The second kappa shape index (κ2) is 8.43. The van der Waals surface area contributed by atoms with Gasteiger partial charge < -0.3 is 10.2 Å². The SMILES string of the molecule is Cc1ccc(NC(=O)[C@@H]2CCCN(c3ccc(-c4ccc(C)cc4)nn3)C2)cc1. The minimum Gasteiger partial charge on any atom is -0.354 e. The van der Waals surface area contributed by atoms with Crippen molar-refractivity contribution in [3.8, 4) is 11.3 Å². The van der Waals surface area contributed by atoms with Gasteiger partial charge in [0.1, 0.15) is 0 Å². The Bertz CT molecular complexity index is 965. The molecule has 0 radical (unpaired) electrons. The number of carbonyl (C=O) groups excluding carboxylic acids is 1. The van der Waals surface area contributed by atoms with Crippen molar-refractivity contribution in [3.63, 3.8) is 0 Å². The number of nitrogens with zero attached hydrogens (tertiary/aromatic N) is 3. The predicted molar refractivity (Wildman–Crippen MR) is 117 cm³/mol. The molecule has 0 aliphatic carbocycles. The molecule has 1 aromatic heterocycles. The summed E-state index contributed by atoms with van der Waals surface area (Å²) in [4.78, 5) is 14.9. The first-order valence-electron chi connectivity index (χ1n) is 10.1. The van der Waals surface area contributed by atoms with Crippen LogP contribution < -0.4 is 10.2 Å². The highest BCUT2D eigenvalue weighted by Crippen LogP contribution is 2.24. The summed E-state index contributed by atoms with van der Waals surface area (Å²) < 4.78 is 0. The predicted octanol–water partition coefficient (Wildman–Crippen LogP) is 4.62. The smallest absolute Gasteiger partial charge is 0.229 e. The summed E-state index contributed by atoms with van der Waals surface area (Å²) in [6.45, 7) is 5.67. The van der Waals surface area contributed by atoms with Crippen LogP contribution in [-0.2, 0) is 4.79 Å². The van der Waals surface area contributed by atoms with E-state index in [1.165, 1.54) is 11.1 Å². The fourth-order valence-electron chi connectivity index (χ4n) is 3.65. The van der Waals surface area contributed by atoms with Crippen molar-refractivity contribution < 1.29 is 4.79 Å². The second-order valence-electron chi connectivity index (χ2n) is 7.78. The van der Waals surface area contributed by atoms with Gasteiger partial charge in [0.05, 0.1) is 11.6 Å². The van der Waals surface area contributed by atoms with Gasteiger partial charge >= 0.3 is 0 Å². The van der Waals surface area contributed by atoms with Crippen LogP contribution in [0.2, 0.25) is 0 Å². The number of nitrogens with one attached hydrogen (secondary N) is 1. The summed E-state index contributed by atoms with van der Waals surface area (Å²) >= 11 is 0. The van der Waals surface area contributed by atoms with E-state index >= 15 is 0 Å². The Morgan fingerprint density at radius 2 is 1.62 bits per heavy atom. The molecule has 1 aliphatic heterocycles. The van der Waals surface area contributed by atoms with E-state index in [9.17, 15) is 4.79 Å². The van der Waals surface area contributed by atoms with Gasteiger partial charge in [-0.15, -0.1) is 10.2 Å². The molecule has 0 bridgehead atoms. The fourth-order valence-corrected chi connectivity index (χ4v) is 3.65. The minimum absolute atomic E-state index is 0.0522. The summed E-state index contributed by atoms with van der Waals surface area (Å²) in [7, 11) is 0. The topological polar surface area (TPSA) is 58.1 Å². The van der Waals surface area contributed by atoms with Crippen molar-refractivity contribution in [1.82, 2.24) is 10.2 Å². The Morgan fingerprint density at radius 3 is 2.28 bits per heavy atom. The highest BCUT2D eigenvalue weighted by Gasteiger charge is 2.26. The fraction of sp³-hybridized carbons (Fsp3) is 0.292.